The van der Waals surface area contributed by atoms with Crippen LogP contribution in [0.4, 0.5) is 13.2 Å². The Kier molecular flexibility index (Phi) is 5.83. The van der Waals surface area contributed by atoms with E-state index in [0.29, 0.717) is 29.6 Å². The van der Waals surface area contributed by atoms with Gasteiger partial charge in [0.05, 0.1) is 6.10 Å². The Bertz CT molecular complexity index is 632. The third-order valence-electron chi connectivity index (χ3n) is 10.7. The Balaban J connectivity index is 1.42. The van der Waals surface area contributed by atoms with E-state index in [2.05, 4.69) is 13.8 Å². The second-order valence-electron chi connectivity index (χ2n) is 12.1. The van der Waals surface area contributed by atoms with Gasteiger partial charge >= 0.3 is 6.18 Å². The molecule has 0 amide bonds. The molecular weight excluding hydrogens is 389 g/mol. The average Bonchev–Trinajstić information content (AvgIpc) is 2.98. The van der Waals surface area contributed by atoms with Crippen molar-refractivity contribution in [2.45, 2.75) is 116 Å². The number of aliphatic hydroxyl groups excluding tert-OH is 1. The number of halogens is 3. The quantitative estimate of drug-likeness (QED) is 0.535. The van der Waals surface area contributed by atoms with Crippen LogP contribution in [0.2, 0.25) is 0 Å². The zero-order chi connectivity index (χ0) is 21.9. The summed E-state index contributed by atoms with van der Waals surface area (Å²) in [6, 6.07) is 0. The second kappa shape index (κ2) is 7.64. The molecule has 4 fully saturated rings. The summed E-state index contributed by atoms with van der Waals surface area (Å²) in [5, 5.41) is 20.0. The summed E-state index contributed by atoms with van der Waals surface area (Å²) in [6.45, 7) is 5.83. The predicted octanol–water partition coefficient (Wildman–Crippen LogP) is 6.49. The molecule has 0 aromatic rings. The maximum absolute atomic E-state index is 13.0. The van der Waals surface area contributed by atoms with Crippen LogP contribution >= 0.6 is 0 Å². The van der Waals surface area contributed by atoms with E-state index in [1.165, 1.54) is 32.1 Å². The Labute approximate surface area is 180 Å². The van der Waals surface area contributed by atoms with E-state index >= 15 is 0 Å². The van der Waals surface area contributed by atoms with Crippen molar-refractivity contribution in [1.82, 2.24) is 0 Å². The molecule has 0 aliphatic heterocycles. The second-order valence-corrected chi connectivity index (χ2v) is 12.1. The first-order valence-corrected chi connectivity index (χ1v) is 12.4. The van der Waals surface area contributed by atoms with Gasteiger partial charge in [0.15, 0.2) is 5.60 Å². The molecule has 4 saturated carbocycles. The summed E-state index contributed by atoms with van der Waals surface area (Å²) < 4.78 is 39.0. The molecule has 0 bridgehead atoms. The molecule has 2 N–H and O–H groups in total. The highest BCUT2D eigenvalue weighted by Gasteiger charge is 2.60. The highest BCUT2D eigenvalue weighted by atomic mass is 19.4. The number of hydrogen-bond acceptors (Lipinski definition) is 2. The maximum atomic E-state index is 13.0. The molecule has 0 aromatic carbocycles. The lowest BCUT2D eigenvalue weighted by molar-refractivity contribution is -0.255. The Morgan fingerprint density at radius 2 is 1.57 bits per heavy atom. The normalized spacial score (nSPS) is 48.4. The van der Waals surface area contributed by atoms with Crippen molar-refractivity contribution in [3.63, 3.8) is 0 Å². The minimum Gasteiger partial charge on any atom is -0.393 e. The van der Waals surface area contributed by atoms with Gasteiger partial charge in [-0.3, -0.25) is 0 Å². The van der Waals surface area contributed by atoms with E-state index in [9.17, 15) is 23.4 Å². The first-order chi connectivity index (χ1) is 13.9. The van der Waals surface area contributed by atoms with E-state index in [-0.39, 0.29) is 17.9 Å². The van der Waals surface area contributed by atoms with Crippen molar-refractivity contribution < 1.29 is 23.4 Å². The SMILES string of the molecule is CC12CCC3C(CCC4CC(O)CCC43C)C1CCC2CCCC(C)(O)C(F)(F)F. The molecule has 0 heterocycles. The predicted molar refractivity (Wildman–Crippen MR) is 112 cm³/mol. The molecule has 0 saturated heterocycles. The van der Waals surface area contributed by atoms with Crippen LogP contribution in [0.25, 0.3) is 0 Å². The molecule has 5 heteroatoms. The Morgan fingerprint density at radius 3 is 2.27 bits per heavy atom. The van der Waals surface area contributed by atoms with Crippen molar-refractivity contribution in [3.05, 3.63) is 0 Å². The molecule has 2 nitrogen and oxygen atoms in total. The van der Waals surface area contributed by atoms with Gasteiger partial charge in [0.25, 0.3) is 0 Å². The van der Waals surface area contributed by atoms with Crippen LogP contribution in [-0.4, -0.2) is 28.1 Å². The fourth-order valence-electron chi connectivity index (χ4n) is 8.65. The van der Waals surface area contributed by atoms with Gasteiger partial charge in [-0.25, -0.2) is 0 Å². The van der Waals surface area contributed by atoms with Crippen LogP contribution in [0.15, 0.2) is 0 Å². The maximum Gasteiger partial charge on any atom is 0.416 e. The molecule has 174 valence electrons. The number of aliphatic hydroxyl groups is 2. The summed E-state index contributed by atoms with van der Waals surface area (Å²) in [4.78, 5) is 0. The van der Waals surface area contributed by atoms with E-state index in [4.69, 9.17) is 0 Å². The smallest absolute Gasteiger partial charge is 0.393 e. The van der Waals surface area contributed by atoms with E-state index in [0.717, 1.165) is 50.9 Å². The van der Waals surface area contributed by atoms with E-state index in [1.807, 2.05) is 0 Å². The summed E-state index contributed by atoms with van der Waals surface area (Å²) in [5.74, 6) is 3.36. The van der Waals surface area contributed by atoms with Gasteiger partial charge in [-0.15, -0.1) is 0 Å². The van der Waals surface area contributed by atoms with Crippen LogP contribution in [0, 0.1) is 40.4 Å². The van der Waals surface area contributed by atoms with Gasteiger partial charge in [-0.1, -0.05) is 13.8 Å². The number of rotatable bonds is 4. The average molecular weight is 431 g/mol. The molecule has 4 rings (SSSR count). The zero-order valence-electron chi connectivity index (χ0n) is 19.0. The Hall–Kier alpha value is -0.290. The van der Waals surface area contributed by atoms with Crippen molar-refractivity contribution in [1.29, 1.82) is 0 Å². The first kappa shape index (κ1) is 22.9. The number of hydrogen-bond donors (Lipinski definition) is 2. The topological polar surface area (TPSA) is 40.5 Å². The number of fused-ring (bicyclic) bond motifs is 5. The number of alkyl halides is 3. The van der Waals surface area contributed by atoms with Crippen LogP contribution in [-0.2, 0) is 0 Å². The zero-order valence-corrected chi connectivity index (χ0v) is 19.0. The van der Waals surface area contributed by atoms with Crippen molar-refractivity contribution in [2.24, 2.45) is 40.4 Å². The monoisotopic (exact) mass is 430 g/mol. The fraction of sp³-hybridized carbons (Fsp3) is 1.00. The lowest BCUT2D eigenvalue weighted by Crippen LogP contribution is -2.53. The van der Waals surface area contributed by atoms with Crippen molar-refractivity contribution in [3.8, 4) is 0 Å². The molecule has 0 aromatic heterocycles. The van der Waals surface area contributed by atoms with Gasteiger partial charge in [-0.2, -0.15) is 13.2 Å². The van der Waals surface area contributed by atoms with Gasteiger partial charge in [-0.05, 0) is 124 Å². The molecule has 0 spiro atoms. The minimum atomic E-state index is -4.55. The summed E-state index contributed by atoms with van der Waals surface area (Å²) in [7, 11) is 0. The standard InChI is InChI=1S/C25H41F3O2/c1-22-14-11-21-19(8-6-17-15-18(29)10-13-23(17,21)2)20(22)9-7-16(22)5-4-12-24(3,30)25(26,27)28/h16-21,29-30H,4-15H2,1-3H3. The molecule has 9 unspecified atom stereocenters. The molecular formula is C25H41F3O2. The van der Waals surface area contributed by atoms with Gasteiger partial charge in [0, 0.05) is 0 Å². The van der Waals surface area contributed by atoms with Gasteiger partial charge in [0.2, 0.25) is 0 Å². The van der Waals surface area contributed by atoms with Crippen molar-refractivity contribution in [2.75, 3.05) is 0 Å². The van der Waals surface area contributed by atoms with Crippen LogP contribution in [0.3, 0.4) is 0 Å². The molecule has 4 aliphatic rings. The third kappa shape index (κ3) is 3.64. The largest absolute Gasteiger partial charge is 0.416 e. The third-order valence-corrected chi connectivity index (χ3v) is 10.7. The van der Waals surface area contributed by atoms with Crippen LogP contribution in [0.1, 0.15) is 97.8 Å². The lowest BCUT2D eigenvalue weighted by atomic mass is 9.44. The molecule has 4 aliphatic carbocycles. The fourth-order valence-corrected chi connectivity index (χ4v) is 8.65. The Morgan fingerprint density at radius 1 is 0.900 bits per heavy atom. The van der Waals surface area contributed by atoms with Gasteiger partial charge < -0.3 is 10.2 Å². The lowest BCUT2D eigenvalue weighted by Gasteiger charge is -2.61. The summed E-state index contributed by atoms with van der Waals surface area (Å²) in [6.07, 6.45) is 6.79. The van der Waals surface area contributed by atoms with Crippen LogP contribution < -0.4 is 0 Å². The molecule has 9 atom stereocenters. The van der Waals surface area contributed by atoms with E-state index in [1.54, 1.807) is 0 Å². The summed E-state index contributed by atoms with van der Waals surface area (Å²) >= 11 is 0. The summed E-state index contributed by atoms with van der Waals surface area (Å²) in [5.41, 5.74) is -1.95. The molecule has 30 heavy (non-hydrogen) atoms. The highest BCUT2D eigenvalue weighted by Crippen LogP contribution is 2.68. The highest BCUT2D eigenvalue weighted by molar-refractivity contribution is 5.09. The van der Waals surface area contributed by atoms with Gasteiger partial charge in [0.1, 0.15) is 0 Å². The minimum absolute atomic E-state index is 0.113. The first-order valence-electron chi connectivity index (χ1n) is 12.4. The van der Waals surface area contributed by atoms with Crippen molar-refractivity contribution >= 4 is 0 Å². The van der Waals surface area contributed by atoms with Crippen LogP contribution in [0.5, 0.6) is 0 Å². The van der Waals surface area contributed by atoms with E-state index < -0.39 is 11.8 Å². The molecule has 0 radical (unpaired) electrons.